The van der Waals surface area contributed by atoms with E-state index < -0.39 is 0 Å². The van der Waals surface area contributed by atoms with Gasteiger partial charge in [-0.15, -0.1) is 0 Å². The third-order valence-corrected chi connectivity index (χ3v) is 3.12. The number of rotatable bonds is 4. The van der Waals surface area contributed by atoms with Crippen molar-refractivity contribution in [1.29, 1.82) is 0 Å². The smallest absolute Gasteiger partial charge is 0.124 e. The Morgan fingerprint density at radius 3 is 2.81 bits per heavy atom. The molecule has 0 unspecified atom stereocenters. The lowest BCUT2D eigenvalue weighted by molar-refractivity contribution is 0.302. The molecule has 2 rings (SSSR count). The standard InChI is InChI=1S/C13H15NOS/c1-10(14)12-4-2-3-5-13(12)15-8-11-6-7-16-9-11/h2-7,9-10H,8,14H2,1H3/t10-/m1/s1. The Kier molecular flexibility index (Phi) is 3.59. The van der Waals surface area contributed by atoms with Crippen LogP contribution in [0.5, 0.6) is 5.75 Å². The van der Waals surface area contributed by atoms with E-state index in [-0.39, 0.29) is 6.04 Å². The molecule has 1 heterocycles. The molecule has 1 aromatic heterocycles. The molecule has 0 saturated carbocycles. The van der Waals surface area contributed by atoms with Crippen molar-refractivity contribution in [3.63, 3.8) is 0 Å². The molecule has 0 aliphatic heterocycles. The van der Waals surface area contributed by atoms with Crippen LogP contribution in [0.15, 0.2) is 41.1 Å². The number of thiophene rings is 1. The second-order valence-electron chi connectivity index (χ2n) is 3.75. The first-order valence-corrected chi connectivity index (χ1v) is 6.20. The molecule has 0 aliphatic carbocycles. The summed E-state index contributed by atoms with van der Waals surface area (Å²) in [6.07, 6.45) is 0. The minimum Gasteiger partial charge on any atom is -0.489 e. The maximum Gasteiger partial charge on any atom is 0.124 e. The third-order valence-electron chi connectivity index (χ3n) is 2.38. The second-order valence-corrected chi connectivity index (χ2v) is 4.53. The summed E-state index contributed by atoms with van der Waals surface area (Å²) in [5.74, 6) is 0.878. The highest BCUT2D eigenvalue weighted by atomic mass is 32.1. The van der Waals surface area contributed by atoms with Gasteiger partial charge in [-0.05, 0) is 35.4 Å². The molecule has 2 N–H and O–H groups in total. The molecule has 0 bridgehead atoms. The van der Waals surface area contributed by atoms with Gasteiger partial charge in [0.25, 0.3) is 0 Å². The Balaban J connectivity index is 2.09. The van der Waals surface area contributed by atoms with E-state index in [1.54, 1.807) is 11.3 Å². The number of hydrogen-bond acceptors (Lipinski definition) is 3. The largest absolute Gasteiger partial charge is 0.489 e. The first-order valence-electron chi connectivity index (χ1n) is 5.26. The van der Waals surface area contributed by atoms with Crippen molar-refractivity contribution in [3.05, 3.63) is 52.2 Å². The highest BCUT2D eigenvalue weighted by Crippen LogP contribution is 2.24. The molecule has 0 radical (unpaired) electrons. The van der Waals surface area contributed by atoms with Gasteiger partial charge >= 0.3 is 0 Å². The first-order chi connectivity index (χ1) is 7.77. The van der Waals surface area contributed by atoms with Crippen molar-refractivity contribution in [2.45, 2.75) is 19.6 Å². The van der Waals surface area contributed by atoms with Crippen LogP contribution < -0.4 is 10.5 Å². The summed E-state index contributed by atoms with van der Waals surface area (Å²) in [5.41, 5.74) is 8.14. The van der Waals surface area contributed by atoms with Crippen LogP contribution in [-0.4, -0.2) is 0 Å². The zero-order valence-corrected chi connectivity index (χ0v) is 10.0. The quantitative estimate of drug-likeness (QED) is 0.879. The van der Waals surface area contributed by atoms with Crippen LogP contribution in [0.25, 0.3) is 0 Å². The summed E-state index contributed by atoms with van der Waals surface area (Å²) in [6.45, 7) is 2.57. The second kappa shape index (κ2) is 5.14. The third kappa shape index (κ3) is 2.62. The van der Waals surface area contributed by atoms with Crippen molar-refractivity contribution in [1.82, 2.24) is 0 Å². The van der Waals surface area contributed by atoms with Crippen LogP contribution in [0.3, 0.4) is 0 Å². The number of para-hydroxylation sites is 1. The van der Waals surface area contributed by atoms with E-state index in [9.17, 15) is 0 Å². The fourth-order valence-corrected chi connectivity index (χ4v) is 2.18. The highest BCUT2D eigenvalue weighted by molar-refractivity contribution is 7.07. The summed E-state index contributed by atoms with van der Waals surface area (Å²) in [4.78, 5) is 0. The average molecular weight is 233 g/mol. The molecule has 2 aromatic rings. The fraction of sp³-hybridized carbons (Fsp3) is 0.231. The Bertz CT molecular complexity index is 437. The Morgan fingerprint density at radius 2 is 2.12 bits per heavy atom. The molecule has 0 fully saturated rings. The zero-order chi connectivity index (χ0) is 11.4. The summed E-state index contributed by atoms with van der Waals surface area (Å²) < 4.78 is 5.77. The average Bonchev–Trinajstić information content (AvgIpc) is 2.79. The predicted octanol–water partition coefficient (Wildman–Crippen LogP) is 3.35. The molecular formula is C13H15NOS. The predicted molar refractivity (Wildman–Crippen MR) is 67.7 cm³/mol. The van der Waals surface area contributed by atoms with Crippen molar-refractivity contribution >= 4 is 11.3 Å². The van der Waals surface area contributed by atoms with Crippen LogP contribution in [0.2, 0.25) is 0 Å². The van der Waals surface area contributed by atoms with Crippen LogP contribution in [-0.2, 0) is 6.61 Å². The van der Waals surface area contributed by atoms with E-state index in [4.69, 9.17) is 10.5 Å². The molecule has 0 saturated heterocycles. The van der Waals surface area contributed by atoms with E-state index in [0.717, 1.165) is 11.3 Å². The van der Waals surface area contributed by atoms with Crippen molar-refractivity contribution in [2.75, 3.05) is 0 Å². The molecule has 2 nitrogen and oxygen atoms in total. The van der Waals surface area contributed by atoms with Crippen molar-refractivity contribution < 1.29 is 4.74 Å². The van der Waals surface area contributed by atoms with E-state index >= 15 is 0 Å². The minimum absolute atomic E-state index is 0.00123. The summed E-state index contributed by atoms with van der Waals surface area (Å²) in [5, 5.41) is 4.14. The lowest BCUT2D eigenvalue weighted by Crippen LogP contribution is -2.07. The Morgan fingerprint density at radius 1 is 1.31 bits per heavy atom. The molecule has 1 atom stereocenters. The number of ether oxygens (including phenoxy) is 1. The van der Waals surface area contributed by atoms with Gasteiger partial charge < -0.3 is 10.5 Å². The topological polar surface area (TPSA) is 35.2 Å². The van der Waals surface area contributed by atoms with Gasteiger partial charge in [0, 0.05) is 11.6 Å². The van der Waals surface area contributed by atoms with Gasteiger partial charge in [0.05, 0.1) is 0 Å². The number of benzene rings is 1. The summed E-state index contributed by atoms with van der Waals surface area (Å²) >= 11 is 1.68. The van der Waals surface area contributed by atoms with Crippen LogP contribution in [0.1, 0.15) is 24.1 Å². The zero-order valence-electron chi connectivity index (χ0n) is 9.22. The molecule has 84 valence electrons. The maximum absolute atomic E-state index is 5.89. The normalized spacial score (nSPS) is 12.4. The van der Waals surface area contributed by atoms with Crippen molar-refractivity contribution in [2.24, 2.45) is 5.73 Å². The molecule has 16 heavy (non-hydrogen) atoms. The lowest BCUT2D eigenvalue weighted by Gasteiger charge is -2.13. The Labute approximate surface area is 99.7 Å². The van der Waals surface area contributed by atoms with Gasteiger partial charge in [0.2, 0.25) is 0 Å². The molecule has 0 amide bonds. The van der Waals surface area contributed by atoms with Gasteiger partial charge in [-0.25, -0.2) is 0 Å². The molecular weight excluding hydrogens is 218 g/mol. The van der Waals surface area contributed by atoms with Crippen LogP contribution in [0.4, 0.5) is 0 Å². The first kappa shape index (κ1) is 11.2. The molecule has 3 heteroatoms. The number of nitrogens with two attached hydrogens (primary N) is 1. The summed E-state index contributed by atoms with van der Waals surface area (Å²) in [6, 6.07) is 9.99. The maximum atomic E-state index is 5.89. The lowest BCUT2D eigenvalue weighted by atomic mass is 10.1. The minimum atomic E-state index is -0.00123. The monoisotopic (exact) mass is 233 g/mol. The van der Waals surface area contributed by atoms with Gasteiger partial charge in [-0.1, -0.05) is 18.2 Å². The van der Waals surface area contributed by atoms with E-state index in [2.05, 4.69) is 16.8 Å². The fourth-order valence-electron chi connectivity index (χ4n) is 1.52. The van der Waals surface area contributed by atoms with Gasteiger partial charge in [-0.3, -0.25) is 0 Å². The van der Waals surface area contributed by atoms with Gasteiger partial charge in [0.15, 0.2) is 0 Å². The Hall–Kier alpha value is -1.32. The molecule has 1 aromatic carbocycles. The molecule has 0 spiro atoms. The highest BCUT2D eigenvalue weighted by Gasteiger charge is 2.06. The van der Waals surface area contributed by atoms with Crippen LogP contribution in [0, 0.1) is 0 Å². The van der Waals surface area contributed by atoms with E-state index in [0.29, 0.717) is 6.61 Å². The SMILES string of the molecule is C[C@@H](N)c1ccccc1OCc1ccsc1. The van der Waals surface area contributed by atoms with Gasteiger partial charge in [0.1, 0.15) is 12.4 Å². The van der Waals surface area contributed by atoms with Crippen LogP contribution >= 0.6 is 11.3 Å². The van der Waals surface area contributed by atoms with E-state index in [1.165, 1.54) is 5.56 Å². The summed E-state index contributed by atoms with van der Waals surface area (Å²) in [7, 11) is 0. The number of hydrogen-bond donors (Lipinski definition) is 1. The molecule has 0 aliphatic rings. The van der Waals surface area contributed by atoms with Gasteiger partial charge in [-0.2, -0.15) is 11.3 Å². The van der Waals surface area contributed by atoms with E-state index in [1.807, 2.05) is 31.2 Å². The van der Waals surface area contributed by atoms with Crippen molar-refractivity contribution in [3.8, 4) is 5.75 Å².